The first-order chi connectivity index (χ1) is 13.1. The van der Waals surface area contributed by atoms with Gasteiger partial charge < -0.3 is 14.8 Å². The Balaban J connectivity index is 1.84. The number of nitrogens with zero attached hydrogens (tertiary/aromatic N) is 3. The van der Waals surface area contributed by atoms with Crippen LogP contribution < -0.4 is 15.1 Å². The predicted molar refractivity (Wildman–Crippen MR) is 106 cm³/mol. The van der Waals surface area contributed by atoms with Gasteiger partial charge in [0, 0.05) is 17.9 Å². The Morgan fingerprint density at radius 1 is 1.19 bits per heavy atom. The van der Waals surface area contributed by atoms with E-state index in [1.54, 1.807) is 9.80 Å². The van der Waals surface area contributed by atoms with Crippen LogP contribution in [0.4, 0.5) is 21.0 Å². The standard InChI is InChI=1S/C18H24N4O4S/c1-3-20(4-2)16-15(11-19-12-27)22(18(24)26-16)14-7-5-13(6-8-14)21-9-10-25-17(21)23/h5-8,12,15-16H,3-4,9-11H2,1-2H3,(H,19,27)/t15?,16-/m0/s1. The van der Waals surface area contributed by atoms with E-state index in [1.807, 2.05) is 38.1 Å². The maximum Gasteiger partial charge on any atom is 0.416 e. The molecule has 2 amide bonds. The molecule has 0 bridgehead atoms. The van der Waals surface area contributed by atoms with Crippen molar-refractivity contribution < 1.29 is 19.1 Å². The van der Waals surface area contributed by atoms with Crippen molar-refractivity contribution in [3.05, 3.63) is 24.3 Å². The molecular formula is C18H24N4O4S. The number of rotatable bonds is 8. The molecule has 1 aromatic rings. The van der Waals surface area contributed by atoms with Crippen molar-refractivity contribution >= 4 is 41.3 Å². The van der Waals surface area contributed by atoms with Crippen LogP contribution in [-0.2, 0) is 9.47 Å². The van der Waals surface area contributed by atoms with Crippen LogP contribution in [0, 0.1) is 0 Å². The third-order valence-corrected chi connectivity index (χ3v) is 5.03. The van der Waals surface area contributed by atoms with Crippen molar-refractivity contribution in [2.24, 2.45) is 0 Å². The summed E-state index contributed by atoms with van der Waals surface area (Å²) < 4.78 is 10.6. The molecule has 3 rings (SSSR count). The summed E-state index contributed by atoms with van der Waals surface area (Å²) in [5.74, 6) is 0. The number of hydrogen-bond donors (Lipinski definition) is 1. The summed E-state index contributed by atoms with van der Waals surface area (Å²) in [5, 5.41) is 3.03. The normalized spacial score (nSPS) is 22.2. The molecule has 0 radical (unpaired) electrons. The number of hydrogen-bond acceptors (Lipinski definition) is 6. The fraction of sp³-hybridized carbons (Fsp3) is 0.500. The van der Waals surface area contributed by atoms with Crippen molar-refractivity contribution in [1.82, 2.24) is 10.2 Å². The fourth-order valence-electron chi connectivity index (χ4n) is 3.48. The van der Waals surface area contributed by atoms with E-state index in [0.29, 0.717) is 25.4 Å². The summed E-state index contributed by atoms with van der Waals surface area (Å²) in [6.45, 7) is 7.00. The number of thiocarbonyl (C=S) groups is 1. The molecule has 2 saturated heterocycles. The highest BCUT2D eigenvalue weighted by Crippen LogP contribution is 2.30. The summed E-state index contributed by atoms with van der Waals surface area (Å²) in [4.78, 5) is 29.6. The van der Waals surface area contributed by atoms with E-state index in [0.717, 1.165) is 18.8 Å². The molecule has 1 N–H and O–H groups in total. The summed E-state index contributed by atoms with van der Waals surface area (Å²) in [6.07, 6.45) is -1.10. The quantitative estimate of drug-likeness (QED) is 0.680. The molecule has 2 heterocycles. The highest BCUT2D eigenvalue weighted by Gasteiger charge is 2.44. The molecule has 1 unspecified atom stereocenters. The van der Waals surface area contributed by atoms with E-state index in [2.05, 4.69) is 10.2 Å². The van der Waals surface area contributed by atoms with Gasteiger partial charge in [0.05, 0.1) is 12.0 Å². The van der Waals surface area contributed by atoms with E-state index >= 15 is 0 Å². The monoisotopic (exact) mass is 392 g/mol. The van der Waals surface area contributed by atoms with Gasteiger partial charge in [-0.25, -0.2) is 9.59 Å². The van der Waals surface area contributed by atoms with E-state index in [4.69, 9.17) is 21.7 Å². The SMILES string of the molecule is CCN(CC)[C@H]1OC(=O)N(c2ccc(N3CCOC3=O)cc2)C1CNC=S. The number of anilines is 2. The van der Waals surface area contributed by atoms with Gasteiger partial charge in [-0.2, -0.15) is 0 Å². The van der Waals surface area contributed by atoms with Crippen LogP contribution in [0.1, 0.15) is 13.8 Å². The lowest BCUT2D eigenvalue weighted by Crippen LogP contribution is -2.50. The van der Waals surface area contributed by atoms with E-state index in [1.165, 1.54) is 5.49 Å². The van der Waals surface area contributed by atoms with Gasteiger partial charge in [0.25, 0.3) is 0 Å². The fourth-order valence-corrected chi connectivity index (χ4v) is 3.58. The average Bonchev–Trinajstić information content (AvgIpc) is 3.24. The zero-order chi connectivity index (χ0) is 19.4. The molecule has 0 saturated carbocycles. The minimum atomic E-state index is -0.392. The summed E-state index contributed by atoms with van der Waals surface area (Å²) in [6, 6.07) is 7.03. The molecule has 0 spiro atoms. The van der Waals surface area contributed by atoms with Crippen LogP contribution >= 0.6 is 12.2 Å². The van der Waals surface area contributed by atoms with Crippen molar-refractivity contribution in [3.63, 3.8) is 0 Å². The Bertz CT molecular complexity index is 695. The van der Waals surface area contributed by atoms with Crippen molar-refractivity contribution in [2.45, 2.75) is 26.1 Å². The van der Waals surface area contributed by atoms with Crippen LogP contribution in [-0.4, -0.2) is 67.6 Å². The second kappa shape index (κ2) is 8.53. The van der Waals surface area contributed by atoms with Gasteiger partial charge in [-0.1, -0.05) is 26.1 Å². The lowest BCUT2D eigenvalue weighted by Gasteiger charge is -2.31. The smallest absolute Gasteiger partial charge is 0.416 e. The van der Waals surface area contributed by atoms with Gasteiger partial charge in [-0.05, 0) is 37.4 Å². The zero-order valence-corrected chi connectivity index (χ0v) is 16.3. The maximum atomic E-state index is 12.6. The van der Waals surface area contributed by atoms with Gasteiger partial charge >= 0.3 is 12.2 Å². The minimum Gasteiger partial charge on any atom is -0.447 e. The number of carbonyl (C=O) groups is 2. The van der Waals surface area contributed by atoms with E-state index in [-0.39, 0.29) is 18.4 Å². The summed E-state index contributed by atoms with van der Waals surface area (Å²) in [5.41, 5.74) is 2.90. The topological polar surface area (TPSA) is 74.3 Å². The van der Waals surface area contributed by atoms with Crippen molar-refractivity contribution in [1.29, 1.82) is 0 Å². The Morgan fingerprint density at radius 2 is 1.85 bits per heavy atom. The van der Waals surface area contributed by atoms with Gasteiger partial charge in [0.1, 0.15) is 12.6 Å². The van der Waals surface area contributed by atoms with Crippen LogP contribution in [0.25, 0.3) is 0 Å². The molecule has 2 fully saturated rings. The molecule has 2 aliphatic heterocycles. The first-order valence-electron chi connectivity index (χ1n) is 9.06. The number of nitrogens with one attached hydrogen (secondary N) is 1. The Labute approximate surface area is 164 Å². The predicted octanol–water partition coefficient (Wildman–Crippen LogP) is 2.18. The number of likely N-dealkylation sites (N-methyl/N-ethyl adjacent to an activating group) is 1. The van der Waals surface area contributed by atoms with Crippen LogP contribution in [0.15, 0.2) is 24.3 Å². The van der Waals surface area contributed by atoms with Crippen LogP contribution in [0.3, 0.4) is 0 Å². The highest BCUT2D eigenvalue weighted by atomic mass is 32.1. The van der Waals surface area contributed by atoms with Crippen molar-refractivity contribution in [3.8, 4) is 0 Å². The Morgan fingerprint density at radius 3 is 2.41 bits per heavy atom. The lowest BCUT2D eigenvalue weighted by atomic mass is 10.1. The Kier molecular flexibility index (Phi) is 6.12. The summed E-state index contributed by atoms with van der Waals surface area (Å²) in [7, 11) is 0. The van der Waals surface area contributed by atoms with Crippen LogP contribution in [0.2, 0.25) is 0 Å². The molecule has 27 heavy (non-hydrogen) atoms. The van der Waals surface area contributed by atoms with Gasteiger partial charge in [0.2, 0.25) is 0 Å². The number of benzene rings is 1. The minimum absolute atomic E-state index is 0.223. The molecule has 1 aromatic carbocycles. The third kappa shape index (κ3) is 3.84. The molecule has 0 aromatic heterocycles. The second-order valence-corrected chi connectivity index (χ2v) is 6.48. The molecule has 8 nitrogen and oxygen atoms in total. The van der Waals surface area contributed by atoms with E-state index < -0.39 is 6.09 Å². The third-order valence-electron chi connectivity index (χ3n) is 4.86. The largest absolute Gasteiger partial charge is 0.447 e. The maximum absolute atomic E-state index is 12.6. The summed E-state index contributed by atoms with van der Waals surface area (Å²) >= 11 is 4.88. The van der Waals surface area contributed by atoms with E-state index in [9.17, 15) is 9.59 Å². The number of carbonyl (C=O) groups excluding carboxylic acids is 2. The number of cyclic esters (lactones) is 2. The average molecular weight is 392 g/mol. The zero-order valence-electron chi connectivity index (χ0n) is 15.5. The first kappa shape index (κ1) is 19.4. The van der Waals surface area contributed by atoms with Gasteiger partial charge in [-0.3, -0.25) is 14.7 Å². The molecule has 0 aliphatic carbocycles. The number of ether oxygens (including phenoxy) is 2. The second-order valence-electron chi connectivity index (χ2n) is 6.24. The lowest BCUT2D eigenvalue weighted by molar-refractivity contribution is 0.0122. The molecule has 2 aliphatic rings. The Hall–Kier alpha value is -2.39. The first-order valence-corrected chi connectivity index (χ1v) is 9.53. The molecule has 9 heteroatoms. The number of amides is 2. The van der Waals surface area contributed by atoms with Gasteiger partial charge in [-0.15, -0.1) is 0 Å². The highest BCUT2D eigenvalue weighted by molar-refractivity contribution is 7.78. The van der Waals surface area contributed by atoms with Crippen LogP contribution in [0.5, 0.6) is 0 Å². The van der Waals surface area contributed by atoms with Crippen molar-refractivity contribution in [2.75, 3.05) is 42.6 Å². The molecule has 146 valence electrons. The molecule has 2 atom stereocenters. The van der Waals surface area contributed by atoms with Gasteiger partial charge in [0.15, 0.2) is 6.23 Å². The molecular weight excluding hydrogens is 368 g/mol.